The van der Waals surface area contributed by atoms with E-state index >= 15 is 0 Å². The van der Waals surface area contributed by atoms with Crippen LogP contribution in [0.1, 0.15) is 99.1 Å². The fourth-order valence-electron chi connectivity index (χ4n) is 11.4. The molecule has 0 fully saturated rings. The zero-order chi connectivity index (χ0) is 75.9. The van der Waals surface area contributed by atoms with Crippen molar-refractivity contribution < 1.29 is 89.8 Å². The standard InChI is InChI=1S/C74H102N10O20S2/c1-7-74(61-45-64-68-59(48-83(64)70(89)60(61)50-102-71(74)90)57(58-16-11-12-17-62(58)82-68)24-28-84(53(2)3)106(5,6)92)104-73(91)103-49-54-20-22-56(23-21-54)80-69(88)63(18-13-14-25-75)81-67(87)52-101-51-66(86)77-27-30-94-32-34-96-36-38-98-40-42-100-44-43-99-41-39-97-37-35-95-33-31-93-29-26-76-65(85)19-10-8-9-15-55-46-78-72(105-4)79-47-55/h11-12,16-17,20-23,45-47,53,63H,5,7-8,10,13-14,18-19,24-44,48-52,75H2,1-4,6H3,(H,76,85)(H,77,86)(H,80,88)(H,81,87)/t63-,74-,106?/m0/s1. The van der Waals surface area contributed by atoms with Gasteiger partial charge in [-0.25, -0.2) is 28.8 Å². The third-order valence-electron chi connectivity index (χ3n) is 16.7. The molecule has 5 aromatic rings. The Morgan fingerprint density at radius 1 is 0.764 bits per heavy atom. The van der Waals surface area contributed by atoms with Gasteiger partial charge in [0.15, 0.2) is 5.16 Å². The maximum Gasteiger partial charge on any atom is 0.510 e. The second-order valence-electron chi connectivity index (χ2n) is 24.9. The lowest BCUT2D eigenvalue weighted by atomic mass is 9.85. The molecule has 3 atom stereocenters. The number of anilines is 1. The number of thioether (sulfide) groups is 1. The first-order valence-electron chi connectivity index (χ1n) is 35.6. The highest BCUT2D eigenvalue weighted by Crippen LogP contribution is 2.42. The number of amides is 4. The van der Waals surface area contributed by atoms with E-state index in [0.717, 1.165) is 22.1 Å². The number of cyclic esters (lactones) is 1. The van der Waals surface area contributed by atoms with Crippen molar-refractivity contribution in [3.63, 3.8) is 0 Å². The van der Waals surface area contributed by atoms with Gasteiger partial charge in [-0.2, -0.15) is 0 Å². The first-order chi connectivity index (χ1) is 51.3. The Labute approximate surface area is 623 Å². The number of nitrogens with one attached hydrogen (secondary N) is 4. The number of benzene rings is 2. The summed E-state index contributed by atoms with van der Waals surface area (Å²) >= 11 is 1.47. The van der Waals surface area contributed by atoms with Crippen LogP contribution in [0, 0.1) is 11.8 Å². The number of hydrogen-bond donors (Lipinski definition) is 5. The number of nitrogens with two attached hydrogens (primary N) is 1. The smallest absolute Gasteiger partial charge is 0.457 e. The SMILES string of the molecule is C=S(C)(=O)N(CCc1c2c(nc3ccccc13)-c1cc3c(c(=O)n1C2)COC(=O)[C@@]3(CC)OC(=O)OCc1ccc(NC(=O)[C@H](CCCCN)NC(=O)COCC(=O)NCCOCCOCCOCCOCCOCCOCCOCCOCCNC(=O)CCCC#Cc2cnc(SC)nc2)cc1)C(C)C. The van der Waals surface area contributed by atoms with Crippen molar-refractivity contribution in [1.82, 2.24) is 39.8 Å². The molecule has 30 nitrogen and oxygen atoms in total. The van der Waals surface area contributed by atoms with Gasteiger partial charge in [-0.05, 0) is 106 Å². The Kier molecular flexibility index (Phi) is 37.2. The second kappa shape index (κ2) is 46.3. The largest absolute Gasteiger partial charge is 0.510 e. The van der Waals surface area contributed by atoms with Gasteiger partial charge in [0.05, 0.1) is 140 Å². The van der Waals surface area contributed by atoms with E-state index in [1.54, 1.807) is 60.5 Å². The summed E-state index contributed by atoms with van der Waals surface area (Å²) < 4.78 is 83.2. The van der Waals surface area contributed by atoms with Crippen molar-refractivity contribution >= 4 is 79.7 Å². The van der Waals surface area contributed by atoms with Crippen molar-refractivity contribution in [1.29, 1.82) is 0 Å². The number of rotatable bonds is 51. The van der Waals surface area contributed by atoms with Crippen LogP contribution in [-0.4, -0.2) is 239 Å². The van der Waals surface area contributed by atoms with E-state index in [4.69, 9.17) is 67.6 Å². The quantitative estimate of drug-likeness (QED) is 0.00868. The lowest BCUT2D eigenvalue weighted by Crippen LogP contribution is -2.47. The summed E-state index contributed by atoms with van der Waals surface area (Å²) in [7, 11) is -2.54. The maximum atomic E-state index is 14.5. The molecule has 5 heterocycles. The van der Waals surface area contributed by atoms with Crippen LogP contribution in [0.2, 0.25) is 0 Å². The predicted molar refractivity (Wildman–Crippen MR) is 398 cm³/mol. The normalized spacial score (nSPS) is 14.5. The molecule has 2 aliphatic heterocycles. The van der Waals surface area contributed by atoms with Crippen LogP contribution < -0.4 is 32.6 Å². The van der Waals surface area contributed by atoms with Crippen molar-refractivity contribution in [2.45, 2.75) is 115 Å². The molecular weight excluding hydrogens is 1410 g/mol. The molecule has 7 rings (SSSR count). The van der Waals surface area contributed by atoms with Gasteiger partial charge in [-0.1, -0.05) is 60.9 Å². The highest BCUT2D eigenvalue weighted by atomic mass is 32.2. The highest BCUT2D eigenvalue weighted by molar-refractivity contribution is 7.98. The van der Waals surface area contributed by atoms with Crippen LogP contribution >= 0.6 is 11.8 Å². The number of unbranched alkanes of at least 4 members (excludes halogenated alkanes) is 2. The van der Waals surface area contributed by atoms with Gasteiger partial charge in [0.2, 0.25) is 29.2 Å². The topological polar surface area (TPSA) is 368 Å². The Bertz CT molecular complexity index is 3880. The second-order valence-corrected chi connectivity index (χ2v) is 28.0. The molecule has 3 aromatic heterocycles. The van der Waals surface area contributed by atoms with Crippen LogP contribution in [0.25, 0.3) is 22.3 Å². The van der Waals surface area contributed by atoms with Gasteiger partial charge in [-0.15, -0.1) is 0 Å². The molecule has 4 amide bonds. The minimum atomic E-state index is -2.54. The number of pyridine rings is 2. The molecule has 0 aliphatic carbocycles. The van der Waals surface area contributed by atoms with Gasteiger partial charge in [0.1, 0.15) is 32.5 Å². The van der Waals surface area contributed by atoms with E-state index in [9.17, 15) is 37.8 Å². The van der Waals surface area contributed by atoms with Crippen molar-refractivity contribution in [2.75, 3.05) is 163 Å². The summed E-state index contributed by atoms with van der Waals surface area (Å²) in [4.78, 5) is 106. The summed E-state index contributed by atoms with van der Waals surface area (Å²) in [5.74, 6) is 7.50. The lowest BCUT2D eigenvalue weighted by molar-refractivity contribution is -0.175. The number of aromatic nitrogens is 4. The summed E-state index contributed by atoms with van der Waals surface area (Å²) in [6.45, 7) is 11.9. The zero-order valence-corrected chi connectivity index (χ0v) is 63.0. The fourth-order valence-corrected chi connectivity index (χ4v) is 13.1. The molecule has 580 valence electrons. The minimum absolute atomic E-state index is 0.0355. The third kappa shape index (κ3) is 28.0. The van der Waals surface area contributed by atoms with E-state index in [1.807, 2.05) is 48.7 Å². The van der Waals surface area contributed by atoms with Gasteiger partial charge >= 0.3 is 12.1 Å². The molecule has 32 heteroatoms. The monoisotopic (exact) mass is 1510 g/mol. The van der Waals surface area contributed by atoms with Gasteiger partial charge < -0.3 is 88.4 Å². The van der Waals surface area contributed by atoms with E-state index in [2.05, 4.69) is 48.9 Å². The Morgan fingerprint density at radius 2 is 1.35 bits per heavy atom. The molecule has 2 aliphatic rings. The molecule has 1 unspecified atom stereocenters. The summed E-state index contributed by atoms with van der Waals surface area (Å²) in [5.41, 5.74) is 8.66. The van der Waals surface area contributed by atoms with Crippen LogP contribution in [-0.2, 0) is 122 Å². The number of carbonyl (C=O) groups is 6. The molecule has 0 saturated heterocycles. The molecular formula is C74H102N10O20S2. The first kappa shape index (κ1) is 85.2. The van der Waals surface area contributed by atoms with Crippen molar-refractivity contribution in [2.24, 2.45) is 5.73 Å². The Morgan fingerprint density at radius 3 is 1.92 bits per heavy atom. The number of fused-ring (bicyclic) bond motifs is 5. The van der Waals surface area contributed by atoms with Gasteiger partial charge in [0, 0.05) is 89.1 Å². The van der Waals surface area contributed by atoms with Crippen LogP contribution in [0.4, 0.5) is 10.5 Å². The third-order valence-corrected chi connectivity index (χ3v) is 18.9. The number of nitrogens with zero attached hydrogens (tertiary/aromatic N) is 5. The van der Waals surface area contributed by atoms with E-state index < -0.39 is 70.0 Å². The summed E-state index contributed by atoms with van der Waals surface area (Å²) in [6.07, 6.45) is 9.20. The zero-order valence-electron chi connectivity index (χ0n) is 61.3. The number of carbonyl (C=O) groups excluding carboxylic acids is 6. The summed E-state index contributed by atoms with van der Waals surface area (Å²) in [6, 6.07) is 14.7. The van der Waals surface area contributed by atoms with E-state index in [1.165, 1.54) is 11.8 Å². The molecule has 0 saturated carbocycles. The van der Waals surface area contributed by atoms with Gasteiger partial charge in [0.25, 0.3) is 5.56 Å². The number of hydrogen-bond acceptors (Lipinski definition) is 25. The maximum absolute atomic E-state index is 14.5. The number of esters is 1. The number of ether oxygens (including phenoxy) is 12. The molecule has 106 heavy (non-hydrogen) atoms. The summed E-state index contributed by atoms with van der Waals surface area (Å²) in [5, 5.41) is 12.6. The predicted octanol–water partition coefficient (Wildman–Crippen LogP) is 4.62. The number of para-hydroxylation sites is 1. The molecule has 6 N–H and O–H groups in total. The van der Waals surface area contributed by atoms with Gasteiger partial charge in [-0.3, -0.25) is 28.2 Å². The lowest BCUT2D eigenvalue weighted by Gasteiger charge is -2.35. The molecule has 0 radical (unpaired) electrons. The van der Waals surface area contributed by atoms with Crippen molar-refractivity contribution in [3.8, 4) is 23.2 Å². The average Bonchev–Trinajstić information content (AvgIpc) is 1.44. The average molecular weight is 1520 g/mol. The highest BCUT2D eigenvalue weighted by Gasteiger charge is 2.51. The Hall–Kier alpha value is -8.01. The first-order valence-corrected chi connectivity index (χ1v) is 38.9. The molecule has 2 aromatic carbocycles. The molecule has 0 bridgehead atoms. The Balaban J connectivity index is 0.682. The van der Waals surface area contributed by atoms with Crippen LogP contribution in [0.3, 0.4) is 0 Å². The van der Waals surface area contributed by atoms with Crippen LogP contribution in [0.5, 0.6) is 0 Å². The van der Waals surface area contributed by atoms with Crippen LogP contribution in [0.15, 0.2) is 76.9 Å². The van der Waals surface area contributed by atoms with Crippen molar-refractivity contribution in [3.05, 3.63) is 111 Å². The molecule has 0 spiro atoms. The van der Waals surface area contributed by atoms with E-state index in [0.29, 0.717) is 191 Å². The minimum Gasteiger partial charge on any atom is -0.457 e. The van der Waals surface area contributed by atoms with E-state index in [-0.39, 0.29) is 68.8 Å². The fraction of sp³-hybridized carbons (Fsp3) is 0.554.